The molecule has 2 N–H and O–H groups in total. The minimum absolute atomic E-state index is 0.147. The van der Waals surface area contributed by atoms with Crippen molar-refractivity contribution in [3.05, 3.63) is 29.8 Å². The molecule has 3 atom stereocenters. The number of carbonyl (C=O) groups excluding carboxylic acids is 1. The van der Waals surface area contributed by atoms with Gasteiger partial charge in [-0.3, -0.25) is 9.00 Å². The second kappa shape index (κ2) is 7.40. The highest BCUT2D eigenvalue weighted by atomic mass is 32.2. The Hall–Kier alpha value is -1.20. The van der Waals surface area contributed by atoms with Crippen LogP contribution in [-0.2, 0) is 10.8 Å². The molecule has 0 aliphatic heterocycles. The summed E-state index contributed by atoms with van der Waals surface area (Å²) in [6, 6.07) is 6.74. The van der Waals surface area contributed by atoms with Crippen LogP contribution < -0.4 is 5.32 Å². The Morgan fingerprint density at radius 3 is 2.37 bits per heavy atom. The van der Waals surface area contributed by atoms with Gasteiger partial charge in [-0.25, -0.2) is 0 Å². The van der Waals surface area contributed by atoms with Crippen molar-refractivity contribution in [2.75, 3.05) is 12.8 Å². The van der Waals surface area contributed by atoms with Crippen LogP contribution in [0.1, 0.15) is 30.6 Å². The summed E-state index contributed by atoms with van der Waals surface area (Å²) in [5.74, 6) is 0.0808. The average molecular weight is 283 g/mol. The van der Waals surface area contributed by atoms with Crippen LogP contribution in [0.3, 0.4) is 0 Å². The van der Waals surface area contributed by atoms with Crippen molar-refractivity contribution < 1.29 is 14.1 Å². The van der Waals surface area contributed by atoms with Crippen LogP contribution in [0, 0.1) is 5.92 Å². The molecule has 0 heterocycles. The van der Waals surface area contributed by atoms with Crippen LogP contribution in [0.5, 0.6) is 0 Å². The predicted molar refractivity (Wildman–Crippen MR) is 76.6 cm³/mol. The molecule has 0 aliphatic rings. The second-order valence-corrected chi connectivity index (χ2v) is 6.26. The van der Waals surface area contributed by atoms with E-state index in [2.05, 4.69) is 5.32 Å². The number of hydrogen-bond acceptors (Lipinski definition) is 3. The number of aliphatic hydroxyl groups excluding tert-OH is 1. The molecule has 0 saturated heterocycles. The Kier molecular flexibility index (Phi) is 6.18. The van der Waals surface area contributed by atoms with E-state index in [1.807, 2.05) is 6.92 Å². The summed E-state index contributed by atoms with van der Waals surface area (Å²) in [7, 11) is -1.03. The number of nitrogens with one attached hydrogen (secondary N) is 1. The maximum Gasteiger partial charge on any atom is 0.251 e. The Morgan fingerprint density at radius 1 is 1.32 bits per heavy atom. The van der Waals surface area contributed by atoms with E-state index in [0.717, 1.165) is 0 Å². The van der Waals surface area contributed by atoms with E-state index < -0.39 is 10.8 Å². The molecule has 0 aromatic heterocycles. The normalized spacial score (nSPS) is 15.6. The van der Waals surface area contributed by atoms with Crippen LogP contribution in [-0.4, -0.2) is 34.1 Å². The van der Waals surface area contributed by atoms with Crippen molar-refractivity contribution in [2.45, 2.75) is 31.3 Å². The van der Waals surface area contributed by atoms with Gasteiger partial charge in [0.2, 0.25) is 0 Å². The molecule has 4 nitrogen and oxygen atoms in total. The minimum Gasteiger partial charge on any atom is -0.393 e. The zero-order chi connectivity index (χ0) is 14.4. The molecule has 0 aliphatic carbocycles. The summed E-state index contributed by atoms with van der Waals surface area (Å²) in [4.78, 5) is 12.6. The summed E-state index contributed by atoms with van der Waals surface area (Å²) in [5, 5.41) is 12.1. The van der Waals surface area contributed by atoms with Gasteiger partial charge < -0.3 is 10.4 Å². The molecule has 1 rings (SSSR count). The average Bonchev–Trinajstić information content (AvgIpc) is 2.35. The van der Waals surface area contributed by atoms with Crippen LogP contribution >= 0.6 is 0 Å². The van der Waals surface area contributed by atoms with Crippen LogP contribution in [0.25, 0.3) is 0 Å². The number of rotatable bonds is 6. The molecule has 3 unspecified atom stereocenters. The van der Waals surface area contributed by atoms with Gasteiger partial charge in [0.25, 0.3) is 5.91 Å². The van der Waals surface area contributed by atoms with Crippen molar-refractivity contribution in [1.82, 2.24) is 5.32 Å². The topological polar surface area (TPSA) is 66.4 Å². The molecule has 0 bridgehead atoms. The maximum absolute atomic E-state index is 11.9. The van der Waals surface area contributed by atoms with Crippen molar-refractivity contribution in [3.63, 3.8) is 0 Å². The van der Waals surface area contributed by atoms with E-state index in [1.165, 1.54) is 0 Å². The molecular weight excluding hydrogens is 262 g/mol. The molecule has 1 aromatic carbocycles. The van der Waals surface area contributed by atoms with E-state index in [1.54, 1.807) is 37.4 Å². The zero-order valence-corrected chi connectivity index (χ0v) is 12.4. The predicted octanol–water partition coefficient (Wildman–Crippen LogP) is 1.56. The zero-order valence-electron chi connectivity index (χ0n) is 11.6. The molecule has 0 radical (unpaired) electrons. The molecule has 5 heteroatoms. The largest absolute Gasteiger partial charge is 0.393 e. The monoisotopic (exact) mass is 283 g/mol. The first-order chi connectivity index (χ1) is 8.90. The number of hydrogen-bond donors (Lipinski definition) is 2. The van der Waals surface area contributed by atoms with E-state index in [-0.39, 0.29) is 17.9 Å². The second-order valence-electron chi connectivity index (χ2n) is 4.88. The van der Waals surface area contributed by atoms with Gasteiger partial charge in [0, 0.05) is 34.1 Å². The Labute approximate surface area is 116 Å². The van der Waals surface area contributed by atoms with Gasteiger partial charge in [0.15, 0.2) is 0 Å². The fraction of sp³-hybridized carbons (Fsp3) is 0.500. The lowest BCUT2D eigenvalue weighted by atomic mass is 10.0. The van der Waals surface area contributed by atoms with Crippen molar-refractivity contribution in [2.24, 2.45) is 5.92 Å². The molecule has 1 amide bonds. The molecule has 0 fully saturated rings. The molecule has 19 heavy (non-hydrogen) atoms. The highest BCUT2D eigenvalue weighted by Gasteiger charge is 2.10. The number of benzene rings is 1. The van der Waals surface area contributed by atoms with Crippen molar-refractivity contribution >= 4 is 16.7 Å². The third-order valence-electron chi connectivity index (χ3n) is 2.80. The summed E-state index contributed by atoms with van der Waals surface area (Å²) in [5.41, 5.74) is 0.554. The van der Waals surface area contributed by atoms with E-state index >= 15 is 0 Å². The number of carbonyl (C=O) groups is 1. The Bertz CT molecular complexity index is 443. The van der Waals surface area contributed by atoms with Gasteiger partial charge in [-0.2, -0.15) is 0 Å². The Morgan fingerprint density at radius 2 is 1.89 bits per heavy atom. The first kappa shape index (κ1) is 15.9. The summed E-state index contributed by atoms with van der Waals surface area (Å²) >= 11 is 0. The lowest BCUT2D eigenvalue weighted by Crippen LogP contribution is -2.29. The quantitative estimate of drug-likeness (QED) is 0.832. The maximum atomic E-state index is 11.9. The lowest BCUT2D eigenvalue weighted by Gasteiger charge is -2.14. The third kappa shape index (κ3) is 5.53. The van der Waals surface area contributed by atoms with Crippen LogP contribution in [0.2, 0.25) is 0 Å². The minimum atomic E-state index is -1.03. The highest BCUT2D eigenvalue weighted by Crippen LogP contribution is 2.08. The summed E-state index contributed by atoms with van der Waals surface area (Å²) in [6.45, 7) is 4.25. The van der Waals surface area contributed by atoms with Gasteiger partial charge in [0.1, 0.15) is 0 Å². The van der Waals surface area contributed by atoms with Crippen LogP contribution in [0.15, 0.2) is 29.2 Å². The fourth-order valence-corrected chi connectivity index (χ4v) is 2.35. The first-order valence-electron chi connectivity index (χ1n) is 6.30. The van der Waals surface area contributed by atoms with Gasteiger partial charge in [-0.1, -0.05) is 6.92 Å². The molecule has 1 aromatic rings. The molecular formula is C14H21NO3S. The molecule has 0 spiro atoms. The van der Waals surface area contributed by atoms with Crippen molar-refractivity contribution in [1.29, 1.82) is 0 Å². The smallest absolute Gasteiger partial charge is 0.251 e. The van der Waals surface area contributed by atoms with Crippen molar-refractivity contribution in [3.8, 4) is 0 Å². The summed E-state index contributed by atoms with van der Waals surface area (Å²) < 4.78 is 11.2. The third-order valence-corrected chi connectivity index (χ3v) is 3.74. The van der Waals surface area contributed by atoms with E-state index in [9.17, 15) is 14.1 Å². The standard InChI is InChI=1S/C14H21NO3S/c1-10(8-11(2)16)9-15-14(17)12-4-6-13(7-5-12)19(3)18/h4-7,10-11,16H,8-9H2,1-3H3,(H,15,17). The van der Waals surface area contributed by atoms with E-state index in [4.69, 9.17) is 0 Å². The number of aliphatic hydroxyl groups is 1. The van der Waals surface area contributed by atoms with Gasteiger partial charge in [0.05, 0.1) is 6.10 Å². The van der Waals surface area contributed by atoms with Gasteiger partial charge in [-0.15, -0.1) is 0 Å². The van der Waals surface area contributed by atoms with E-state index in [0.29, 0.717) is 23.4 Å². The Balaban J connectivity index is 2.52. The molecule has 106 valence electrons. The first-order valence-corrected chi connectivity index (χ1v) is 7.85. The van der Waals surface area contributed by atoms with Crippen LogP contribution in [0.4, 0.5) is 0 Å². The molecule has 0 saturated carbocycles. The van der Waals surface area contributed by atoms with Gasteiger partial charge in [-0.05, 0) is 43.5 Å². The number of amides is 1. The SMILES string of the molecule is CC(O)CC(C)CNC(=O)c1ccc(S(C)=O)cc1. The lowest BCUT2D eigenvalue weighted by molar-refractivity contribution is 0.0939. The van der Waals surface area contributed by atoms with Gasteiger partial charge >= 0.3 is 0 Å². The summed E-state index contributed by atoms with van der Waals surface area (Å²) in [6.07, 6.45) is 1.91. The highest BCUT2D eigenvalue weighted by molar-refractivity contribution is 7.84. The fourth-order valence-electron chi connectivity index (χ4n) is 1.83.